The average molecular weight is 458 g/mol. The van der Waals surface area contributed by atoms with Gasteiger partial charge in [0, 0.05) is 51.3 Å². The van der Waals surface area contributed by atoms with Crippen molar-refractivity contribution in [2.75, 3.05) is 33.8 Å². The molecule has 1 aliphatic heterocycles. The van der Waals surface area contributed by atoms with Crippen LogP contribution >= 0.6 is 0 Å². The fourth-order valence-electron chi connectivity index (χ4n) is 4.66. The zero-order chi connectivity index (χ0) is 24.1. The minimum atomic E-state index is -0.128. The van der Waals surface area contributed by atoms with Crippen molar-refractivity contribution in [1.82, 2.24) is 15.1 Å². The van der Waals surface area contributed by atoms with E-state index in [1.165, 1.54) is 5.56 Å². The lowest BCUT2D eigenvalue weighted by Crippen LogP contribution is -2.49. The van der Waals surface area contributed by atoms with Crippen molar-refractivity contribution in [3.8, 4) is 16.9 Å². The number of hydrogen-bond acceptors (Lipinski definition) is 4. The molecule has 3 aromatic carbocycles. The Morgan fingerprint density at radius 2 is 1.79 bits per heavy atom. The van der Waals surface area contributed by atoms with E-state index in [9.17, 15) is 9.59 Å². The van der Waals surface area contributed by atoms with Gasteiger partial charge in [0.2, 0.25) is 5.91 Å². The largest absolute Gasteiger partial charge is 0.496 e. The van der Waals surface area contributed by atoms with Gasteiger partial charge in [-0.25, -0.2) is 0 Å². The van der Waals surface area contributed by atoms with Gasteiger partial charge in [-0.1, -0.05) is 48.5 Å². The molecule has 1 heterocycles. The number of carbonyl (C=O) groups is 2. The molecule has 0 aromatic heterocycles. The Kier molecular flexibility index (Phi) is 7.28. The lowest BCUT2D eigenvalue weighted by atomic mass is 9.98. The molecular formula is C28H31N3O3. The van der Waals surface area contributed by atoms with Gasteiger partial charge in [0.15, 0.2) is 0 Å². The summed E-state index contributed by atoms with van der Waals surface area (Å²) in [6.07, 6.45) is 0. The van der Waals surface area contributed by atoms with Crippen LogP contribution in [-0.2, 0) is 11.3 Å². The lowest BCUT2D eigenvalue weighted by Gasteiger charge is -2.41. The van der Waals surface area contributed by atoms with E-state index in [0.717, 1.165) is 35.5 Å². The first kappa shape index (κ1) is 23.5. The summed E-state index contributed by atoms with van der Waals surface area (Å²) < 4.78 is 5.55. The van der Waals surface area contributed by atoms with Crippen LogP contribution in [0.3, 0.4) is 0 Å². The van der Waals surface area contributed by atoms with Crippen molar-refractivity contribution < 1.29 is 14.3 Å². The van der Waals surface area contributed by atoms with Crippen molar-refractivity contribution in [3.05, 3.63) is 89.5 Å². The van der Waals surface area contributed by atoms with Gasteiger partial charge in [-0.2, -0.15) is 0 Å². The molecule has 6 nitrogen and oxygen atoms in total. The monoisotopic (exact) mass is 457 g/mol. The summed E-state index contributed by atoms with van der Waals surface area (Å²) in [5.41, 5.74) is 4.97. The normalized spacial score (nSPS) is 16.2. The molecule has 1 aliphatic rings. The van der Waals surface area contributed by atoms with Crippen molar-refractivity contribution >= 4 is 11.8 Å². The molecule has 2 amide bonds. The van der Waals surface area contributed by atoms with E-state index in [4.69, 9.17) is 4.74 Å². The van der Waals surface area contributed by atoms with Crippen molar-refractivity contribution in [2.24, 2.45) is 0 Å². The van der Waals surface area contributed by atoms with E-state index < -0.39 is 0 Å². The number of carbonyl (C=O) groups excluding carboxylic acids is 2. The van der Waals surface area contributed by atoms with E-state index in [1.807, 2.05) is 41.3 Å². The minimum Gasteiger partial charge on any atom is -0.496 e. The quantitative estimate of drug-likeness (QED) is 0.605. The van der Waals surface area contributed by atoms with Gasteiger partial charge in [-0.05, 0) is 41.0 Å². The number of nitrogens with one attached hydrogen (secondary N) is 1. The SMILES string of the molecule is CNC(=O)c1cccc([C@@H]2CN(Cc3cccc(-c4ccccc4OC)c3)CCN2C(C)=O)c1. The second-order valence-corrected chi connectivity index (χ2v) is 8.57. The van der Waals surface area contributed by atoms with Gasteiger partial charge in [0.05, 0.1) is 13.2 Å². The molecule has 0 saturated carbocycles. The van der Waals surface area contributed by atoms with Gasteiger partial charge in [0.25, 0.3) is 5.91 Å². The van der Waals surface area contributed by atoms with E-state index >= 15 is 0 Å². The lowest BCUT2D eigenvalue weighted by molar-refractivity contribution is -0.134. The second-order valence-electron chi connectivity index (χ2n) is 8.57. The summed E-state index contributed by atoms with van der Waals surface area (Å²) in [7, 11) is 3.31. The van der Waals surface area contributed by atoms with E-state index in [-0.39, 0.29) is 17.9 Å². The van der Waals surface area contributed by atoms with Crippen LogP contribution in [0, 0.1) is 0 Å². The third-order valence-electron chi connectivity index (χ3n) is 6.38. The zero-order valence-electron chi connectivity index (χ0n) is 20.0. The molecular weight excluding hydrogens is 426 g/mol. The Morgan fingerprint density at radius 1 is 1.00 bits per heavy atom. The Balaban J connectivity index is 1.56. The third kappa shape index (κ3) is 5.13. The Labute approximate surface area is 201 Å². The van der Waals surface area contributed by atoms with E-state index in [0.29, 0.717) is 18.7 Å². The van der Waals surface area contributed by atoms with Crippen LogP contribution in [0.5, 0.6) is 5.75 Å². The van der Waals surface area contributed by atoms with Crippen molar-refractivity contribution in [2.45, 2.75) is 19.5 Å². The molecule has 1 N–H and O–H groups in total. The van der Waals surface area contributed by atoms with Crippen LogP contribution in [0.4, 0.5) is 0 Å². The number of benzene rings is 3. The number of piperazine rings is 1. The topological polar surface area (TPSA) is 61.9 Å². The number of methoxy groups -OCH3 is 1. The maximum atomic E-state index is 12.4. The molecule has 1 fully saturated rings. The molecule has 0 aliphatic carbocycles. The Hall–Kier alpha value is -3.64. The van der Waals surface area contributed by atoms with Crippen LogP contribution in [0.2, 0.25) is 0 Å². The summed E-state index contributed by atoms with van der Waals surface area (Å²) in [6.45, 7) is 4.54. The maximum absolute atomic E-state index is 12.4. The smallest absolute Gasteiger partial charge is 0.251 e. The molecule has 34 heavy (non-hydrogen) atoms. The van der Waals surface area contributed by atoms with Crippen molar-refractivity contribution in [1.29, 1.82) is 0 Å². The second kappa shape index (κ2) is 10.5. The first-order chi connectivity index (χ1) is 16.5. The third-order valence-corrected chi connectivity index (χ3v) is 6.38. The number of hydrogen-bond donors (Lipinski definition) is 1. The van der Waals surface area contributed by atoms with Gasteiger partial charge < -0.3 is 15.0 Å². The molecule has 6 heteroatoms. The highest BCUT2D eigenvalue weighted by molar-refractivity contribution is 5.94. The first-order valence-corrected chi connectivity index (χ1v) is 11.5. The van der Waals surface area contributed by atoms with Gasteiger partial charge >= 0.3 is 0 Å². The van der Waals surface area contributed by atoms with Crippen molar-refractivity contribution in [3.63, 3.8) is 0 Å². The summed E-state index contributed by atoms with van der Waals surface area (Å²) >= 11 is 0. The molecule has 1 saturated heterocycles. The number of amides is 2. The first-order valence-electron chi connectivity index (χ1n) is 11.5. The highest BCUT2D eigenvalue weighted by Gasteiger charge is 2.30. The average Bonchev–Trinajstić information content (AvgIpc) is 2.88. The highest BCUT2D eigenvalue weighted by Crippen LogP contribution is 2.31. The Bertz CT molecular complexity index is 1180. The highest BCUT2D eigenvalue weighted by atomic mass is 16.5. The molecule has 0 bridgehead atoms. The van der Waals surface area contributed by atoms with Gasteiger partial charge in [-0.3, -0.25) is 14.5 Å². The molecule has 3 aromatic rings. The summed E-state index contributed by atoms with van der Waals surface area (Å²) in [6, 6.07) is 24.0. The molecule has 0 radical (unpaired) electrons. The fourth-order valence-corrected chi connectivity index (χ4v) is 4.66. The van der Waals surface area contributed by atoms with E-state index in [2.05, 4.69) is 40.5 Å². The number of rotatable bonds is 6. The summed E-state index contributed by atoms with van der Waals surface area (Å²) in [5.74, 6) is 0.774. The van der Waals surface area contributed by atoms with E-state index in [1.54, 1.807) is 27.1 Å². The molecule has 1 atom stereocenters. The van der Waals surface area contributed by atoms with Crippen LogP contribution in [0.15, 0.2) is 72.8 Å². The summed E-state index contributed by atoms with van der Waals surface area (Å²) in [5, 5.41) is 2.67. The fraction of sp³-hybridized carbons (Fsp3) is 0.286. The molecule has 0 spiro atoms. The zero-order valence-corrected chi connectivity index (χ0v) is 20.0. The molecule has 0 unspecified atom stereocenters. The number of para-hydroxylation sites is 1. The summed E-state index contributed by atoms with van der Waals surface area (Å²) in [4.78, 5) is 28.8. The molecule has 4 rings (SSSR count). The Morgan fingerprint density at radius 3 is 2.56 bits per heavy atom. The molecule has 176 valence electrons. The predicted octanol–water partition coefficient (Wildman–Crippen LogP) is 4.13. The number of ether oxygens (including phenoxy) is 1. The van der Waals surface area contributed by atoms with Gasteiger partial charge in [0.1, 0.15) is 5.75 Å². The van der Waals surface area contributed by atoms with Gasteiger partial charge in [-0.15, -0.1) is 0 Å². The van der Waals surface area contributed by atoms with Crippen LogP contribution in [0.25, 0.3) is 11.1 Å². The van der Waals surface area contributed by atoms with Crippen LogP contribution in [0.1, 0.15) is 34.5 Å². The standard InChI is InChI=1S/C28H31N3O3/c1-20(32)31-15-14-30(19-26(31)23-10-7-11-24(17-23)28(33)29-2)18-21-8-6-9-22(16-21)25-12-4-5-13-27(25)34-3/h4-13,16-17,26H,14-15,18-19H2,1-3H3,(H,29,33)/t26-/m0/s1. The minimum absolute atomic E-state index is 0.0492. The predicted molar refractivity (Wildman–Crippen MR) is 134 cm³/mol. The number of nitrogens with zero attached hydrogens (tertiary/aromatic N) is 2. The van der Waals surface area contributed by atoms with Crippen LogP contribution < -0.4 is 10.1 Å². The maximum Gasteiger partial charge on any atom is 0.251 e. The van der Waals surface area contributed by atoms with Crippen LogP contribution in [-0.4, -0.2) is 55.4 Å².